The van der Waals surface area contributed by atoms with Gasteiger partial charge in [-0.25, -0.2) is 0 Å². The van der Waals surface area contributed by atoms with Crippen LogP contribution in [0.15, 0.2) is 12.2 Å². The van der Waals surface area contributed by atoms with Crippen molar-refractivity contribution in [3.63, 3.8) is 0 Å². The van der Waals surface area contributed by atoms with E-state index in [0.29, 0.717) is 19.4 Å². The highest BCUT2D eigenvalue weighted by Gasteiger charge is 2.34. The number of carboxylic acids is 1. The van der Waals surface area contributed by atoms with Gasteiger partial charge in [0.05, 0.1) is 18.4 Å². The highest BCUT2D eigenvalue weighted by atomic mass is 16.5. The van der Waals surface area contributed by atoms with Crippen molar-refractivity contribution < 1.29 is 19.4 Å². The molecule has 0 bridgehead atoms. The van der Waals surface area contributed by atoms with Crippen molar-refractivity contribution in [2.24, 2.45) is 11.8 Å². The van der Waals surface area contributed by atoms with Gasteiger partial charge in [-0.05, 0) is 19.3 Å². The molecule has 0 aromatic carbocycles. The second-order valence-corrected chi connectivity index (χ2v) is 3.66. The normalized spacial score (nSPS) is 24.9. The van der Waals surface area contributed by atoms with E-state index in [0.717, 1.165) is 6.42 Å². The maximum absolute atomic E-state index is 11.6. The highest BCUT2D eigenvalue weighted by molar-refractivity contribution is 5.81. The van der Waals surface area contributed by atoms with E-state index >= 15 is 0 Å². The van der Waals surface area contributed by atoms with Crippen LogP contribution in [0.1, 0.15) is 26.2 Å². The zero-order valence-corrected chi connectivity index (χ0v) is 8.81. The summed E-state index contributed by atoms with van der Waals surface area (Å²) in [4.78, 5) is 22.5. The molecule has 15 heavy (non-hydrogen) atoms. The molecule has 4 nitrogen and oxygen atoms in total. The van der Waals surface area contributed by atoms with Gasteiger partial charge in [0, 0.05) is 0 Å². The van der Waals surface area contributed by atoms with Gasteiger partial charge in [-0.1, -0.05) is 19.1 Å². The molecule has 0 fully saturated rings. The first-order valence-corrected chi connectivity index (χ1v) is 5.21. The predicted molar refractivity (Wildman–Crippen MR) is 54.2 cm³/mol. The third-order valence-electron chi connectivity index (χ3n) is 2.50. The molecule has 1 aliphatic carbocycles. The Morgan fingerprint density at radius 1 is 1.33 bits per heavy atom. The standard InChI is InChI=1S/C11H16O4/c1-2-7-15-11(14)9-6-4-3-5-8(9)10(12)13/h3-4,8-9H,2,5-7H2,1H3,(H,12,13)/t8-,9+/m1/s1. The van der Waals surface area contributed by atoms with Crippen molar-refractivity contribution in [2.45, 2.75) is 26.2 Å². The van der Waals surface area contributed by atoms with Gasteiger partial charge in [-0.15, -0.1) is 0 Å². The number of ether oxygens (including phenoxy) is 1. The van der Waals surface area contributed by atoms with E-state index in [2.05, 4.69) is 0 Å². The molecule has 1 N–H and O–H groups in total. The Balaban J connectivity index is 2.60. The second kappa shape index (κ2) is 5.53. The van der Waals surface area contributed by atoms with Gasteiger partial charge in [0.25, 0.3) is 0 Å². The van der Waals surface area contributed by atoms with Gasteiger partial charge >= 0.3 is 11.9 Å². The van der Waals surface area contributed by atoms with Crippen LogP contribution < -0.4 is 0 Å². The molecule has 0 unspecified atom stereocenters. The zero-order valence-electron chi connectivity index (χ0n) is 8.81. The van der Waals surface area contributed by atoms with Crippen LogP contribution in [-0.4, -0.2) is 23.7 Å². The molecule has 2 atom stereocenters. The van der Waals surface area contributed by atoms with Gasteiger partial charge in [0.2, 0.25) is 0 Å². The Morgan fingerprint density at radius 3 is 2.47 bits per heavy atom. The summed E-state index contributed by atoms with van der Waals surface area (Å²) in [5, 5.41) is 8.94. The van der Waals surface area contributed by atoms with Crippen molar-refractivity contribution in [2.75, 3.05) is 6.61 Å². The van der Waals surface area contributed by atoms with E-state index in [1.807, 2.05) is 19.1 Å². The van der Waals surface area contributed by atoms with Gasteiger partial charge in [0.1, 0.15) is 0 Å². The van der Waals surface area contributed by atoms with Crippen molar-refractivity contribution >= 4 is 11.9 Å². The summed E-state index contributed by atoms with van der Waals surface area (Å²) in [6, 6.07) is 0. The fourth-order valence-electron chi connectivity index (χ4n) is 1.66. The molecule has 84 valence electrons. The summed E-state index contributed by atoms with van der Waals surface area (Å²) in [6.07, 6.45) is 5.30. The fourth-order valence-corrected chi connectivity index (χ4v) is 1.66. The smallest absolute Gasteiger partial charge is 0.310 e. The topological polar surface area (TPSA) is 63.6 Å². The van der Waals surface area contributed by atoms with E-state index in [-0.39, 0.29) is 5.97 Å². The molecule has 4 heteroatoms. The van der Waals surface area contributed by atoms with E-state index in [1.54, 1.807) is 0 Å². The number of carbonyl (C=O) groups excluding carboxylic acids is 1. The minimum absolute atomic E-state index is 0.366. The molecular formula is C11H16O4. The van der Waals surface area contributed by atoms with Crippen LogP contribution >= 0.6 is 0 Å². The van der Waals surface area contributed by atoms with Crippen molar-refractivity contribution in [1.82, 2.24) is 0 Å². The van der Waals surface area contributed by atoms with Gasteiger partial charge in [-0.2, -0.15) is 0 Å². The lowest BCUT2D eigenvalue weighted by Crippen LogP contribution is -2.32. The van der Waals surface area contributed by atoms with Crippen LogP contribution in [0, 0.1) is 11.8 Å². The minimum Gasteiger partial charge on any atom is -0.481 e. The summed E-state index contributed by atoms with van der Waals surface area (Å²) in [6.45, 7) is 2.27. The Labute approximate surface area is 88.9 Å². The maximum atomic E-state index is 11.6. The Bertz CT molecular complexity index is 270. The average Bonchev–Trinajstić information content (AvgIpc) is 2.25. The number of hydrogen-bond donors (Lipinski definition) is 1. The molecule has 0 aromatic rings. The fraction of sp³-hybridized carbons (Fsp3) is 0.636. The summed E-state index contributed by atoms with van der Waals surface area (Å²) < 4.78 is 4.97. The summed E-state index contributed by atoms with van der Waals surface area (Å²) in [7, 11) is 0. The van der Waals surface area contributed by atoms with E-state index < -0.39 is 17.8 Å². The van der Waals surface area contributed by atoms with Gasteiger partial charge in [0.15, 0.2) is 0 Å². The lowest BCUT2D eigenvalue weighted by atomic mass is 9.83. The van der Waals surface area contributed by atoms with Crippen LogP contribution in [0.3, 0.4) is 0 Å². The molecule has 1 rings (SSSR count). The number of carbonyl (C=O) groups is 2. The summed E-state index contributed by atoms with van der Waals surface area (Å²) in [5.41, 5.74) is 0. The number of esters is 1. The molecule has 0 aliphatic heterocycles. The number of carboxylic acid groups (broad SMARTS) is 1. The van der Waals surface area contributed by atoms with Crippen LogP contribution in [-0.2, 0) is 14.3 Å². The Kier molecular flexibility index (Phi) is 4.34. The van der Waals surface area contributed by atoms with Crippen molar-refractivity contribution in [3.05, 3.63) is 12.2 Å². The van der Waals surface area contributed by atoms with Crippen LogP contribution in [0.25, 0.3) is 0 Å². The first-order chi connectivity index (χ1) is 7.16. The second-order valence-electron chi connectivity index (χ2n) is 3.66. The summed E-state index contributed by atoms with van der Waals surface area (Å²) >= 11 is 0. The molecule has 0 spiro atoms. The minimum atomic E-state index is -0.919. The number of allylic oxidation sites excluding steroid dienone is 2. The van der Waals surface area contributed by atoms with Crippen LogP contribution in [0.4, 0.5) is 0 Å². The van der Waals surface area contributed by atoms with E-state index in [4.69, 9.17) is 9.84 Å². The molecule has 0 heterocycles. The number of aliphatic carboxylic acids is 1. The Hall–Kier alpha value is -1.32. The maximum Gasteiger partial charge on any atom is 0.310 e. The Morgan fingerprint density at radius 2 is 1.93 bits per heavy atom. The molecule has 0 radical (unpaired) electrons. The number of rotatable bonds is 4. The molecule has 0 saturated heterocycles. The SMILES string of the molecule is CCCOC(=O)[C@H]1CC=CC[C@H]1C(=O)O. The molecule has 0 amide bonds. The molecular weight excluding hydrogens is 196 g/mol. The van der Waals surface area contributed by atoms with Gasteiger partial charge < -0.3 is 9.84 Å². The van der Waals surface area contributed by atoms with Gasteiger partial charge in [-0.3, -0.25) is 9.59 Å². The molecule has 1 aliphatic rings. The van der Waals surface area contributed by atoms with Crippen LogP contribution in [0.2, 0.25) is 0 Å². The van der Waals surface area contributed by atoms with Crippen molar-refractivity contribution in [1.29, 1.82) is 0 Å². The van der Waals surface area contributed by atoms with E-state index in [9.17, 15) is 9.59 Å². The first kappa shape index (κ1) is 11.8. The number of hydrogen-bond acceptors (Lipinski definition) is 3. The predicted octanol–water partition coefficient (Wildman–Crippen LogP) is 1.61. The third-order valence-corrected chi connectivity index (χ3v) is 2.50. The quantitative estimate of drug-likeness (QED) is 0.568. The summed E-state index contributed by atoms with van der Waals surface area (Å²) in [5.74, 6) is -2.44. The largest absolute Gasteiger partial charge is 0.481 e. The average molecular weight is 212 g/mol. The molecule has 0 aromatic heterocycles. The van der Waals surface area contributed by atoms with E-state index in [1.165, 1.54) is 0 Å². The molecule has 0 saturated carbocycles. The third kappa shape index (κ3) is 3.08. The highest BCUT2D eigenvalue weighted by Crippen LogP contribution is 2.26. The van der Waals surface area contributed by atoms with Crippen molar-refractivity contribution in [3.8, 4) is 0 Å². The monoisotopic (exact) mass is 212 g/mol. The lowest BCUT2D eigenvalue weighted by Gasteiger charge is -2.23. The van der Waals surface area contributed by atoms with Crippen LogP contribution in [0.5, 0.6) is 0 Å². The zero-order chi connectivity index (χ0) is 11.3. The lowest BCUT2D eigenvalue weighted by molar-refractivity contribution is -0.157. The first-order valence-electron chi connectivity index (χ1n) is 5.21.